The minimum atomic E-state index is -0.176. The van der Waals surface area contributed by atoms with E-state index in [0.29, 0.717) is 11.6 Å². The fourth-order valence-electron chi connectivity index (χ4n) is 1.62. The van der Waals surface area contributed by atoms with Crippen molar-refractivity contribution in [3.05, 3.63) is 70.3 Å². The molecule has 3 N–H and O–H groups in total. The zero-order valence-corrected chi connectivity index (χ0v) is 10.7. The van der Waals surface area contributed by atoms with E-state index in [1.165, 1.54) is 11.6 Å². The summed E-state index contributed by atoms with van der Waals surface area (Å²) in [6, 6.07) is 11.6. The Bertz CT molecular complexity index is 604. The van der Waals surface area contributed by atoms with Crippen molar-refractivity contribution in [2.24, 2.45) is 0 Å². The molecule has 0 saturated heterocycles. The highest BCUT2D eigenvalue weighted by Gasteiger charge is 1.94. The summed E-state index contributed by atoms with van der Waals surface area (Å²) in [4.78, 5) is 17.9. The first kappa shape index (κ1) is 12.9. The summed E-state index contributed by atoms with van der Waals surface area (Å²) in [6.45, 7) is 1.77. The Morgan fingerprint density at radius 1 is 1.32 bits per heavy atom. The van der Waals surface area contributed by atoms with Crippen molar-refractivity contribution in [3.8, 4) is 0 Å². The van der Waals surface area contributed by atoms with Crippen LogP contribution in [0.2, 0.25) is 0 Å². The average molecular weight is 256 g/mol. The lowest BCUT2D eigenvalue weighted by atomic mass is 10.1. The molecule has 0 aliphatic heterocycles. The molecule has 0 bridgehead atoms. The molecule has 0 amide bonds. The van der Waals surface area contributed by atoms with E-state index in [9.17, 15) is 4.79 Å². The molecule has 1 aromatic carbocycles. The second kappa shape index (κ2) is 6.39. The highest BCUT2D eigenvalue weighted by molar-refractivity contribution is 5.24. The predicted molar refractivity (Wildman–Crippen MR) is 75.6 cm³/mol. The maximum absolute atomic E-state index is 11.2. The highest BCUT2D eigenvalue weighted by Crippen LogP contribution is 1.99. The lowest BCUT2D eigenvalue weighted by Gasteiger charge is -2.04. The van der Waals surface area contributed by atoms with Gasteiger partial charge in [0.2, 0.25) is 5.95 Å². The molecule has 5 nitrogen and oxygen atoms in total. The minimum absolute atomic E-state index is 0.176. The second-order valence-corrected chi connectivity index (χ2v) is 4.10. The van der Waals surface area contributed by atoms with Gasteiger partial charge < -0.3 is 5.43 Å². The van der Waals surface area contributed by atoms with Gasteiger partial charge in [-0.1, -0.05) is 36.4 Å². The van der Waals surface area contributed by atoms with Gasteiger partial charge in [-0.2, -0.15) is 0 Å². The van der Waals surface area contributed by atoms with Crippen LogP contribution >= 0.6 is 0 Å². The molecule has 0 aliphatic carbocycles. The van der Waals surface area contributed by atoms with Crippen molar-refractivity contribution < 1.29 is 0 Å². The fraction of sp³-hybridized carbons (Fsp3) is 0.143. The standard InChI is InChI=1S/C14H16N4O/c1-11-10-13(19)17-14(16-11)18-15-9-5-8-12-6-3-2-4-7-12/h2-7,9-10,15H,8H2,1H3,(H2,16,17,18,19). The Morgan fingerprint density at radius 2 is 2.11 bits per heavy atom. The third-order valence-corrected chi connectivity index (χ3v) is 2.46. The summed E-state index contributed by atoms with van der Waals surface area (Å²) in [5.41, 5.74) is 7.40. The van der Waals surface area contributed by atoms with Gasteiger partial charge in [-0.15, -0.1) is 0 Å². The maximum atomic E-state index is 11.2. The number of hydrogen-bond acceptors (Lipinski definition) is 4. The molecule has 0 fully saturated rings. The molecule has 19 heavy (non-hydrogen) atoms. The maximum Gasteiger partial charge on any atom is 0.252 e. The van der Waals surface area contributed by atoms with Crippen molar-refractivity contribution in [1.82, 2.24) is 15.4 Å². The Labute approximate surface area is 111 Å². The number of aromatic nitrogens is 2. The number of aryl methyl sites for hydroxylation is 1. The van der Waals surface area contributed by atoms with Gasteiger partial charge in [0.1, 0.15) is 0 Å². The van der Waals surface area contributed by atoms with E-state index in [1.807, 2.05) is 24.3 Å². The molecule has 98 valence electrons. The number of anilines is 1. The van der Waals surface area contributed by atoms with Crippen molar-refractivity contribution in [1.29, 1.82) is 0 Å². The topological polar surface area (TPSA) is 69.8 Å². The first-order valence-electron chi connectivity index (χ1n) is 6.02. The van der Waals surface area contributed by atoms with Gasteiger partial charge in [0.05, 0.1) is 0 Å². The highest BCUT2D eigenvalue weighted by atomic mass is 16.1. The second-order valence-electron chi connectivity index (χ2n) is 4.10. The summed E-state index contributed by atoms with van der Waals surface area (Å²) < 4.78 is 0. The smallest absolute Gasteiger partial charge is 0.252 e. The van der Waals surface area contributed by atoms with Crippen molar-refractivity contribution in [2.75, 3.05) is 5.43 Å². The molecular weight excluding hydrogens is 240 g/mol. The van der Waals surface area contributed by atoms with E-state index < -0.39 is 0 Å². The van der Waals surface area contributed by atoms with Gasteiger partial charge in [-0.3, -0.25) is 15.2 Å². The minimum Gasteiger partial charge on any atom is -0.306 e. The van der Waals surface area contributed by atoms with E-state index in [2.05, 4.69) is 33.0 Å². The SMILES string of the molecule is Cc1cc(=O)[nH]c(NNC=CCc2ccccc2)n1. The van der Waals surface area contributed by atoms with Crippen LogP contribution in [0.15, 0.2) is 53.5 Å². The monoisotopic (exact) mass is 256 g/mol. The quantitative estimate of drug-likeness (QED) is 0.713. The van der Waals surface area contributed by atoms with Gasteiger partial charge in [0.15, 0.2) is 0 Å². The lowest BCUT2D eigenvalue weighted by molar-refractivity contribution is 0.958. The number of rotatable bonds is 5. The van der Waals surface area contributed by atoms with Crippen LogP contribution in [-0.4, -0.2) is 9.97 Å². The van der Waals surface area contributed by atoms with Gasteiger partial charge in [0.25, 0.3) is 5.56 Å². The number of benzene rings is 1. The third kappa shape index (κ3) is 4.31. The van der Waals surface area contributed by atoms with Crippen LogP contribution < -0.4 is 16.4 Å². The number of hydrazine groups is 1. The molecule has 0 spiro atoms. The molecule has 0 saturated carbocycles. The van der Waals surface area contributed by atoms with Crippen LogP contribution in [0.25, 0.3) is 0 Å². The number of allylic oxidation sites excluding steroid dienone is 1. The Balaban J connectivity index is 1.81. The number of nitrogens with one attached hydrogen (secondary N) is 3. The Hall–Kier alpha value is -2.56. The summed E-state index contributed by atoms with van der Waals surface area (Å²) >= 11 is 0. The summed E-state index contributed by atoms with van der Waals surface area (Å²) in [5, 5.41) is 0. The molecule has 0 aliphatic rings. The van der Waals surface area contributed by atoms with Crippen molar-refractivity contribution in [2.45, 2.75) is 13.3 Å². The van der Waals surface area contributed by atoms with E-state index in [-0.39, 0.29) is 5.56 Å². The Morgan fingerprint density at radius 3 is 2.84 bits per heavy atom. The first-order chi connectivity index (χ1) is 9.24. The molecule has 0 atom stereocenters. The van der Waals surface area contributed by atoms with Gasteiger partial charge in [-0.25, -0.2) is 4.98 Å². The Kier molecular flexibility index (Phi) is 4.34. The largest absolute Gasteiger partial charge is 0.306 e. The van der Waals surface area contributed by atoms with E-state index >= 15 is 0 Å². The van der Waals surface area contributed by atoms with E-state index in [0.717, 1.165) is 6.42 Å². The molecule has 1 heterocycles. The van der Waals surface area contributed by atoms with Crippen LogP contribution in [0.5, 0.6) is 0 Å². The van der Waals surface area contributed by atoms with Crippen LogP contribution in [0.3, 0.4) is 0 Å². The summed E-state index contributed by atoms with van der Waals surface area (Å²) in [6.07, 6.45) is 4.60. The third-order valence-electron chi connectivity index (χ3n) is 2.46. The molecular formula is C14H16N4O. The first-order valence-corrected chi connectivity index (χ1v) is 6.02. The normalized spacial score (nSPS) is 10.6. The number of nitrogens with zero attached hydrogens (tertiary/aromatic N) is 1. The molecule has 5 heteroatoms. The zero-order valence-electron chi connectivity index (χ0n) is 10.7. The van der Waals surface area contributed by atoms with Crippen LogP contribution in [0.1, 0.15) is 11.3 Å². The number of hydrogen-bond donors (Lipinski definition) is 3. The average Bonchev–Trinajstić information content (AvgIpc) is 2.38. The van der Waals surface area contributed by atoms with Crippen LogP contribution in [-0.2, 0) is 6.42 Å². The molecule has 0 unspecified atom stereocenters. The molecule has 2 rings (SSSR count). The number of aromatic amines is 1. The summed E-state index contributed by atoms with van der Waals surface area (Å²) in [5.74, 6) is 0.398. The van der Waals surface area contributed by atoms with E-state index in [1.54, 1.807) is 13.1 Å². The van der Waals surface area contributed by atoms with Gasteiger partial charge in [0, 0.05) is 18.0 Å². The zero-order chi connectivity index (χ0) is 13.5. The van der Waals surface area contributed by atoms with Gasteiger partial charge >= 0.3 is 0 Å². The molecule has 2 aromatic rings. The molecule has 1 aromatic heterocycles. The van der Waals surface area contributed by atoms with Crippen molar-refractivity contribution >= 4 is 5.95 Å². The van der Waals surface area contributed by atoms with Crippen molar-refractivity contribution in [3.63, 3.8) is 0 Å². The fourth-order valence-corrected chi connectivity index (χ4v) is 1.62. The summed E-state index contributed by atoms with van der Waals surface area (Å²) in [7, 11) is 0. The molecule has 0 radical (unpaired) electrons. The van der Waals surface area contributed by atoms with Crippen LogP contribution in [0.4, 0.5) is 5.95 Å². The van der Waals surface area contributed by atoms with Crippen LogP contribution in [0, 0.1) is 6.92 Å². The van der Waals surface area contributed by atoms with Gasteiger partial charge in [-0.05, 0) is 18.9 Å². The number of H-pyrrole nitrogens is 1. The lowest BCUT2D eigenvalue weighted by Crippen LogP contribution is -2.20. The predicted octanol–water partition coefficient (Wildman–Crippen LogP) is 1.75. The van der Waals surface area contributed by atoms with E-state index in [4.69, 9.17) is 0 Å².